The van der Waals surface area contributed by atoms with Gasteiger partial charge in [-0.3, -0.25) is 9.59 Å². The average molecular weight is 806 g/mol. The summed E-state index contributed by atoms with van der Waals surface area (Å²) >= 11 is 0. The number of benzene rings is 1. The number of carbonyl (C=O) groups excluding carboxylic acids is 4. The lowest BCUT2D eigenvalue weighted by molar-refractivity contribution is -0.243. The van der Waals surface area contributed by atoms with E-state index in [0.29, 0.717) is 42.1 Å². The number of phenols is 1. The van der Waals surface area contributed by atoms with E-state index >= 15 is 0 Å². The lowest BCUT2D eigenvalue weighted by Crippen LogP contribution is -2.67. The predicted octanol–water partition coefficient (Wildman–Crippen LogP) is 6.32. The summed E-state index contributed by atoms with van der Waals surface area (Å²) in [6.07, 6.45) is 9.25. The molecule has 0 radical (unpaired) electrons. The third-order valence-electron chi connectivity index (χ3n) is 15.5. The van der Waals surface area contributed by atoms with E-state index in [-0.39, 0.29) is 84.9 Å². The molecule has 1 aromatic rings. The minimum Gasteiger partial charge on any atom is -0.507 e. The molecule has 0 aromatic heterocycles. The van der Waals surface area contributed by atoms with Gasteiger partial charge in [0.15, 0.2) is 0 Å². The van der Waals surface area contributed by atoms with Gasteiger partial charge in [0.2, 0.25) is 5.91 Å². The van der Waals surface area contributed by atoms with E-state index in [1.807, 2.05) is 26.8 Å². The Labute approximate surface area is 342 Å². The molecular weight excluding hydrogens is 743 g/mol. The van der Waals surface area contributed by atoms with E-state index in [1.165, 1.54) is 7.11 Å². The normalized spacial score (nSPS) is 34.8. The molecule has 7 rings (SSSR count). The first-order chi connectivity index (χ1) is 27.2. The number of esters is 3. The van der Waals surface area contributed by atoms with E-state index < -0.39 is 40.6 Å². The topological polar surface area (TPSA) is 178 Å². The molecule has 4 N–H and O–H groups in total. The molecule has 4 fully saturated rings. The molecule has 4 saturated carbocycles. The SMILES string of the molecule is COc1c(C)c2c(c(O)c1C/C=C(\C)CC(CC(=O)N[C@H]1CCC3(C)C(CCC4C3CC(O)C3(C)C(C5=CC(=O)OC5)CCC43O)C1)C(=O)OC(C)(C)C)C(=O)OC2. The molecule has 6 aliphatic rings. The number of aliphatic hydroxyl groups is 2. The van der Waals surface area contributed by atoms with Crippen molar-refractivity contribution in [3.8, 4) is 11.5 Å². The molecule has 9 unspecified atom stereocenters. The summed E-state index contributed by atoms with van der Waals surface area (Å²) in [5.41, 5.74) is 0.998. The fraction of sp³-hybridized carbons (Fsp3) is 0.696. The second kappa shape index (κ2) is 15.3. The number of ether oxygens (including phenoxy) is 4. The molecule has 12 heteroatoms. The number of methoxy groups -OCH3 is 1. The highest BCUT2D eigenvalue weighted by Crippen LogP contribution is 2.70. The van der Waals surface area contributed by atoms with Crippen LogP contribution in [0.15, 0.2) is 23.3 Å². The molecule has 1 aromatic carbocycles. The number of amides is 1. The van der Waals surface area contributed by atoms with E-state index in [0.717, 1.165) is 48.8 Å². The summed E-state index contributed by atoms with van der Waals surface area (Å²) in [6.45, 7) is 13.8. The zero-order valence-corrected chi connectivity index (χ0v) is 35.5. The van der Waals surface area contributed by atoms with Crippen LogP contribution in [0.5, 0.6) is 11.5 Å². The Morgan fingerprint density at radius 1 is 1.03 bits per heavy atom. The first-order valence-corrected chi connectivity index (χ1v) is 21.3. The van der Waals surface area contributed by atoms with Gasteiger partial charge >= 0.3 is 17.9 Å². The monoisotopic (exact) mass is 805 g/mol. The molecule has 12 nitrogen and oxygen atoms in total. The second-order valence-electron chi connectivity index (χ2n) is 19.7. The summed E-state index contributed by atoms with van der Waals surface area (Å²) in [6, 6.07) is -0.0622. The molecule has 10 atom stereocenters. The van der Waals surface area contributed by atoms with Gasteiger partial charge in [0, 0.05) is 35.1 Å². The van der Waals surface area contributed by atoms with Crippen LogP contribution < -0.4 is 10.1 Å². The van der Waals surface area contributed by atoms with Crippen LogP contribution in [0.4, 0.5) is 0 Å². The van der Waals surface area contributed by atoms with Crippen LogP contribution in [0.2, 0.25) is 0 Å². The quantitative estimate of drug-likeness (QED) is 0.118. The molecule has 318 valence electrons. The highest BCUT2D eigenvalue weighted by molar-refractivity contribution is 5.98. The fourth-order valence-electron chi connectivity index (χ4n) is 12.4. The first-order valence-electron chi connectivity index (χ1n) is 21.3. The minimum absolute atomic E-state index is 0.0380. The van der Waals surface area contributed by atoms with Crippen molar-refractivity contribution in [3.63, 3.8) is 0 Å². The summed E-state index contributed by atoms with van der Waals surface area (Å²) in [5.74, 6) is -1.66. The van der Waals surface area contributed by atoms with Gasteiger partial charge in [0.25, 0.3) is 0 Å². The second-order valence-corrected chi connectivity index (χ2v) is 19.7. The zero-order chi connectivity index (χ0) is 42.1. The van der Waals surface area contributed by atoms with Gasteiger partial charge in [-0.15, -0.1) is 0 Å². The van der Waals surface area contributed by atoms with Crippen molar-refractivity contribution in [2.24, 2.45) is 40.4 Å². The Morgan fingerprint density at radius 2 is 1.78 bits per heavy atom. The van der Waals surface area contributed by atoms with Gasteiger partial charge in [0.05, 0.1) is 24.7 Å². The molecule has 0 saturated heterocycles. The Morgan fingerprint density at radius 3 is 2.45 bits per heavy atom. The molecule has 58 heavy (non-hydrogen) atoms. The fourth-order valence-corrected chi connectivity index (χ4v) is 12.4. The molecule has 2 heterocycles. The van der Waals surface area contributed by atoms with E-state index in [1.54, 1.807) is 26.8 Å². The number of carbonyl (C=O) groups is 4. The Balaban J connectivity index is 1.01. The maximum absolute atomic E-state index is 13.8. The minimum atomic E-state index is -1.05. The number of cyclic esters (lactones) is 2. The van der Waals surface area contributed by atoms with Crippen molar-refractivity contribution in [2.75, 3.05) is 13.7 Å². The predicted molar refractivity (Wildman–Crippen MR) is 214 cm³/mol. The third-order valence-corrected chi connectivity index (χ3v) is 15.5. The van der Waals surface area contributed by atoms with Gasteiger partial charge in [-0.1, -0.05) is 25.5 Å². The number of fused-ring (bicyclic) bond motifs is 6. The van der Waals surface area contributed by atoms with Gasteiger partial charge in [-0.2, -0.15) is 0 Å². The molecule has 0 spiro atoms. The van der Waals surface area contributed by atoms with Gasteiger partial charge in [0.1, 0.15) is 35.9 Å². The summed E-state index contributed by atoms with van der Waals surface area (Å²) in [5, 5.41) is 38.9. The largest absolute Gasteiger partial charge is 0.507 e. The van der Waals surface area contributed by atoms with Crippen molar-refractivity contribution >= 4 is 23.8 Å². The van der Waals surface area contributed by atoms with E-state index in [9.17, 15) is 34.5 Å². The van der Waals surface area contributed by atoms with Crippen LogP contribution in [-0.4, -0.2) is 76.2 Å². The lowest BCUT2D eigenvalue weighted by Gasteiger charge is -2.65. The van der Waals surface area contributed by atoms with Crippen LogP contribution in [-0.2, 0) is 41.6 Å². The molecule has 2 aliphatic heterocycles. The van der Waals surface area contributed by atoms with Gasteiger partial charge < -0.3 is 39.6 Å². The number of rotatable bonds is 10. The molecule has 1 amide bonds. The maximum Gasteiger partial charge on any atom is 0.342 e. The Bertz CT molecular complexity index is 1930. The standard InChI is InChI=1S/C46H63NO11/c1-24(9-11-30-39(51)38-31(23-57-42(38)53)25(2)40(30)55-8)17-26(41(52)58-43(3,4)5)18-36(49)47-29-13-15-44(6)28(20-29)10-12-33-34(44)21-35(48)45(7)32(14-16-46(33,45)54)27-19-37(50)56-22-27/h9,19,26,28-29,32-35,48,51,54H,10-18,20-23H2,1-8H3,(H,47,49)/b24-9+/t26?,28?,29-,32?,33?,34?,35?,44?,45?,46?/m0/s1. The lowest BCUT2D eigenvalue weighted by atomic mass is 9.42. The molecule has 4 aliphatic carbocycles. The first kappa shape index (κ1) is 42.2. The van der Waals surface area contributed by atoms with E-state index in [4.69, 9.17) is 18.9 Å². The molecule has 0 bridgehead atoms. The van der Waals surface area contributed by atoms with Crippen molar-refractivity contribution < 1.29 is 53.4 Å². The van der Waals surface area contributed by atoms with Crippen LogP contribution in [0.3, 0.4) is 0 Å². The van der Waals surface area contributed by atoms with Crippen LogP contribution in [0.1, 0.15) is 133 Å². The number of hydrogen-bond donors (Lipinski definition) is 4. The Hall–Kier alpha value is -3.90. The summed E-state index contributed by atoms with van der Waals surface area (Å²) in [7, 11) is 1.52. The van der Waals surface area contributed by atoms with Crippen LogP contribution in [0, 0.1) is 47.3 Å². The van der Waals surface area contributed by atoms with Crippen LogP contribution in [0.25, 0.3) is 0 Å². The maximum atomic E-state index is 13.8. The van der Waals surface area contributed by atoms with Crippen LogP contribution >= 0.6 is 0 Å². The Kier molecular flexibility index (Phi) is 11.1. The van der Waals surface area contributed by atoms with Crippen molar-refractivity contribution in [1.82, 2.24) is 5.32 Å². The van der Waals surface area contributed by atoms with E-state index in [2.05, 4.69) is 12.2 Å². The number of nitrogens with one attached hydrogen (secondary N) is 1. The highest BCUT2D eigenvalue weighted by Gasteiger charge is 2.70. The number of aromatic hydroxyl groups is 1. The summed E-state index contributed by atoms with van der Waals surface area (Å²) < 4.78 is 21.9. The smallest absolute Gasteiger partial charge is 0.342 e. The third kappa shape index (κ3) is 7.13. The number of phenolic OH excluding ortho intramolecular Hbond substituents is 1. The number of hydrogen-bond acceptors (Lipinski definition) is 11. The summed E-state index contributed by atoms with van der Waals surface area (Å²) in [4.78, 5) is 51.8. The number of aliphatic hydroxyl groups excluding tert-OH is 1. The van der Waals surface area contributed by atoms with Crippen molar-refractivity contribution in [3.05, 3.63) is 45.6 Å². The van der Waals surface area contributed by atoms with Gasteiger partial charge in [-0.05, 0) is 139 Å². The van der Waals surface area contributed by atoms with Crippen molar-refractivity contribution in [1.29, 1.82) is 0 Å². The molecular formula is C46H63NO11. The highest BCUT2D eigenvalue weighted by atomic mass is 16.6. The van der Waals surface area contributed by atoms with Gasteiger partial charge in [-0.25, -0.2) is 9.59 Å². The van der Waals surface area contributed by atoms with Crippen molar-refractivity contribution in [2.45, 2.75) is 149 Å². The average Bonchev–Trinajstić information content (AvgIpc) is 3.84. The zero-order valence-electron chi connectivity index (χ0n) is 35.5. The number of allylic oxidation sites excluding steroid dienone is 2.